The van der Waals surface area contributed by atoms with Crippen molar-refractivity contribution in [2.24, 2.45) is 0 Å². The van der Waals surface area contributed by atoms with Crippen LogP contribution in [0.15, 0.2) is 23.1 Å². The van der Waals surface area contributed by atoms with Crippen molar-refractivity contribution in [2.45, 2.75) is 51.9 Å². The monoisotopic (exact) mass is 248 g/mol. The topological polar surface area (TPSA) is 17.1 Å². The van der Waals surface area contributed by atoms with E-state index in [-0.39, 0.29) is 0 Å². The van der Waals surface area contributed by atoms with Crippen LogP contribution in [0.3, 0.4) is 0 Å². The van der Waals surface area contributed by atoms with Crippen LogP contribution in [-0.4, -0.2) is 5.78 Å². The van der Waals surface area contributed by atoms with Crippen LogP contribution in [0.25, 0.3) is 0 Å². The molecule has 1 nitrogen and oxygen atoms in total. The lowest BCUT2D eigenvalue weighted by atomic mass is 9.95. The highest BCUT2D eigenvalue weighted by Gasteiger charge is 2.17. The smallest absolute Gasteiger partial charge is 0.198 e. The number of hydrogen-bond acceptors (Lipinski definition) is 2. The quantitative estimate of drug-likeness (QED) is 0.704. The van der Waals surface area contributed by atoms with Crippen molar-refractivity contribution in [1.82, 2.24) is 0 Å². The number of hydrogen-bond donors (Lipinski definition) is 0. The Bertz CT molecular complexity index is 414. The fourth-order valence-electron chi connectivity index (χ4n) is 2.36. The van der Waals surface area contributed by atoms with Crippen molar-refractivity contribution < 1.29 is 4.79 Å². The zero-order chi connectivity index (χ0) is 12.1. The minimum atomic E-state index is 0.291. The normalized spacial score (nSPS) is 20.2. The molecule has 0 amide bonds. The van der Waals surface area contributed by atoms with Crippen molar-refractivity contribution in [2.75, 3.05) is 0 Å². The minimum Gasteiger partial charge on any atom is -0.288 e. The van der Waals surface area contributed by atoms with Gasteiger partial charge in [0, 0.05) is 0 Å². The van der Waals surface area contributed by atoms with Crippen LogP contribution in [0, 0.1) is 0 Å². The molecule has 1 aliphatic carbocycles. The van der Waals surface area contributed by atoms with Crippen LogP contribution in [0.1, 0.15) is 60.7 Å². The summed E-state index contributed by atoms with van der Waals surface area (Å²) in [4.78, 5) is 13.4. The summed E-state index contributed by atoms with van der Waals surface area (Å²) >= 11 is 1.60. The van der Waals surface area contributed by atoms with Crippen LogP contribution in [-0.2, 0) is 6.42 Å². The Morgan fingerprint density at radius 2 is 2.12 bits per heavy atom. The first-order chi connectivity index (χ1) is 8.33. The van der Waals surface area contributed by atoms with Gasteiger partial charge in [-0.2, -0.15) is 0 Å². The Labute approximate surface area is 108 Å². The molecule has 2 rings (SSSR count). The Morgan fingerprint density at radius 3 is 2.94 bits per heavy atom. The fraction of sp³-hybridized carbons (Fsp3) is 0.533. The van der Waals surface area contributed by atoms with Crippen molar-refractivity contribution in [3.8, 4) is 0 Å². The number of allylic oxidation sites excluding steroid dienone is 2. The van der Waals surface area contributed by atoms with E-state index in [0.717, 1.165) is 29.7 Å². The number of aryl methyl sites for hydroxylation is 1. The van der Waals surface area contributed by atoms with E-state index in [0.29, 0.717) is 5.78 Å². The zero-order valence-corrected chi connectivity index (χ0v) is 11.3. The van der Waals surface area contributed by atoms with Gasteiger partial charge in [-0.15, -0.1) is 11.3 Å². The second-order valence-electron chi connectivity index (χ2n) is 4.64. The van der Waals surface area contributed by atoms with Gasteiger partial charge in [0.25, 0.3) is 0 Å². The van der Waals surface area contributed by atoms with Gasteiger partial charge < -0.3 is 0 Å². The predicted molar refractivity (Wildman–Crippen MR) is 73.8 cm³/mol. The first-order valence-electron chi connectivity index (χ1n) is 6.63. The van der Waals surface area contributed by atoms with Gasteiger partial charge >= 0.3 is 0 Å². The molecule has 0 spiro atoms. The van der Waals surface area contributed by atoms with Gasteiger partial charge in [0.05, 0.1) is 4.88 Å². The molecule has 0 saturated heterocycles. The molecule has 0 bridgehead atoms. The Hall–Kier alpha value is -0.890. The van der Waals surface area contributed by atoms with Crippen LogP contribution in [0.2, 0.25) is 0 Å². The van der Waals surface area contributed by atoms with E-state index in [2.05, 4.69) is 19.1 Å². The molecule has 1 aliphatic rings. The summed E-state index contributed by atoms with van der Waals surface area (Å²) in [6.07, 6.45) is 10.2. The zero-order valence-electron chi connectivity index (χ0n) is 10.5. The van der Waals surface area contributed by atoms with E-state index in [9.17, 15) is 4.79 Å². The van der Waals surface area contributed by atoms with E-state index in [4.69, 9.17) is 0 Å². The molecular formula is C15H20OS. The molecule has 0 aliphatic heterocycles. The lowest BCUT2D eigenvalue weighted by Gasteiger charge is -2.10. The number of carbonyl (C=O) groups is 1. The molecule has 17 heavy (non-hydrogen) atoms. The highest BCUT2D eigenvalue weighted by molar-refractivity contribution is 7.12. The van der Waals surface area contributed by atoms with Crippen LogP contribution < -0.4 is 0 Å². The molecule has 0 N–H and O–H groups in total. The SMILES string of the molecule is CCc1ccsc1C(=O)/C1=C/CCCCCC1. The van der Waals surface area contributed by atoms with Gasteiger partial charge in [-0.3, -0.25) is 4.79 Å². The summed E-state index contributed by atoms with van der Waals surface area (Å²) in [6.45, 7) is 2.12. The van der Waals surface area contributed by atoms with Crippen LogP contribution in [0.4, 0.5) is 0 Å². The predicted octanol–water partition coefficient (Wildman–Crippen LogP) is 4.77. The Balaban J connectivity index is 2.18. The molecule has 92 valence electrons. The summed E-state index contributed by atoms with van der Waals surface area (Å²) in [5.74, 6) is 0.291. The van der Waals surface area contributed by atoms with E-state index >= 15 is 0 Å². The summed E-state index contributed by atoms with van der Waals surface area (Å²) in [5, 5.41) is 2.04. The van der Waals surface area contributed by atoms with Gasteiger partial charge in [-0.05, 0) is 54.7 Å². The third kappa shape index (κ3) is 3.06. The minimum absolute atomic E-state index is 0.291. The molecule has 0 aromatic carbocycles. The Morgan fingerprint density at radius 1 is 1.29 bits per heavy atom. The molecule has 0 atom stereocenters. The van der Waals surface area contributed by atoms with E-state index in [1.807, 2.05) is 5.38 Å². The van der Waals surface area contributed by atoms with Crippen molar-refractivity contribution >= 4 is 17.1 Å². The lowest BCUT2D eigenvalue weighted by Crippen LogP contribution is -2.05. The van der Waals surface area contributed by atoms with E-state index in [1.165, 1.54) is 31.2 Å². The first-order valence-corrected chi connectivity index (χ1v) is 7.51. The third-order valence-electron chi connectivity index (χ3n) is 3.42. The average molecular weight is 248 g/mol. The fourth-order valence-corrected chi connectivity index (χ4v) is 3.33. The summed E-state index contributed by atoms with van der Waals surface area (Å²) < 4.78 is 0. The molecule has 1 aromatic heterocycles. The number of carbonyl (C=O) groups excluding carboxylic acids is 1. The maximum atomic E-state index is 12.4. The highest BCUT2D eigenvalue weighted by atomic mass is 32.1. The van der Waals surface area contributed by atoms with Crippen LogP contribution >= 0.6 is 11.3 Å². The molecule has 2 heteroatoms. The second-order valence-corrected chi connectivity index (χ2v) is 5.56. The highest BCUT2D eigenvalue weighted by Crippen LogP contribution is 2.25. The maximum Gasteiger partial charge on any atom is 0.198 e. The molecule has 0 radical (unpaired) electrons. The molecule has 0 fully saturated rings. The van der Waals surface area contributed by atoms with Gasteiger partial charge in [0.1, 0.15) is 0 Å². The number of thiophene rings is 1. The number of Topliss-reactive ketones (excluding diaryl/α,β-unsaturated/α-hetero) is 1. The Kier molecular flexibility index (Phi) is 4.55. The third-order valence-corrected chi connectivity index (χ3v) is 4.37. The van der Waals surface area contributed by atoms with Gasteiger partial charge in [0.2, 0.25) is 0 Å². The standard InChI is InChI=1S/C15H20OS/c1-2-12-10-11-17-15(12)14(16)13-8-6-4-3-5-7-9-13/h8,10-11H,2-7,9H2,1H3/b13-8+. The summed E-state index contributed by atoms with van der Waals surface area (Å²) in [5.41, 5.74) is 2.27. The molecular weight excluding hydrogens is 228 g/mol. The van der Waals surface area contributed by atoms with Crippen LogP contribution in [0.5, 0.6) is 0 Å². The summed E-state index contributed by atoms with van der Waals surface area (Å²) in [7, 11) is 0. The maximum absolute atomic E-state index is 12.4. The number of rotatable bonds is 3. The van der Waals surface area contributed by atoms with E-state index in [1.54, 1.807) is 11.3 Å². The van der Waals surface area contributed by atoms with E-state index < -0.39 is 0 Å². The average Bonchev–Trinajstić information content (AvgIpc) is 2.75. The molecule has 1 heterocycles. The lowest BCUT2D eigenvalue weighted by molar-refractivity contribution is 0.103. The molecule has 0 unspecified atom stereocenters. The van der Waals surface area contributed by atoms with Crippen molar-refractivity contribution in [3.05, 3.63) is 33.5 Å². The van der Waals surface area contributed by atoms with Gasteiger partial charge in [-0.1, -0.05) is 25.8 Å². The van der Waals surface area contributed by atoms with Gasteiger partial charge in [0.15, 0.2) is 5.78 Å². The largest absolute Gasteiger partial charge is 0.288 e. The van der Waals surface area contributed by atoms with Crippen molar-refractivity contribution in [3.63, 3.8) is 0 Å². The molecule has 0 saturated carbocycles. The first kappa shape index (κ1) is 12.6. The molecule has 1 aromatic rings. The van der Waals surface area contributed by atoms with Crippen molar-refractivity contribution in [1.29, 1.82) is 0 Å². The summed E-state index contributed by atoms with van der Waals surface area (Å²) in [6, 6.07) is 2.08. The number of ketones is 1. The second kappa shape index (κ2) is 6.15. The van der Waals surface area contributed by atoms with Gasteiger partial charge in [-0.25, -0.2) is 0 Å².